The molecule has 0 bridgehead atoms. The number of nitrogens with one attached hydrogen (secondary N) is 1. The summed E-state index contributed by atoms with van der Waals surface area (Å²) in [5, 5.41) is 5.69. The average molecular weight is 307 g/mol. The summed E-state index contributed by atoms with van der Waals surface area (Å²) in [6, 6.07) is 2.72. The van der Waals surface area contributed by atoms with Crippen molar-refractivity contribution in [1.29, 1.82) is 0 Å². The van der Waals surface area contributed by atoms with Crippen molar-refractivity contribution in [2.24, 2.45) is 0 Å². The molecule has 0 saturated carbocycles. The summed E-state index contributed by atoms with van der Waals surface area (Å²) in [6.45, 7) is 4.31. The second-order valence-electron chi connectivity index (χ2n) is 6.28. The van der Waals surface area contributed by atoms with Gasteiger partial charge in [-0.15, -0.1) is 11.3 Å². The van der Waals surface area contributed by atoms with Gasteiger partial charge in [-0.2, -0.15) is 0 Å². The van der Waals surface area contributed by atoms with Gasteiger partial charge >= 0.3 is 0 Å². The van der Waals surface area contributed by atoms with E-state index in [-0.39, 0.29) is 5.91 Å². The second kappa shape index (κ2) is 6.90. The molecule has 1 aromatic rings. The summed E-state index contributed by atoms with van der Waals surface area (Å²) >= 11 is 1.82. The van der Waals surface area contributed by atoms with Crippen LogP contribution < -0.4 is 5.32 Å². The van der Waals surface area contributed by atoms with Gasteiger partial charge < -0.3 is 10.2 Å². The number of likely N-dealkylation sites (N-methyl/N-ethyl adjacent to an activating group) is 1. The van der Waals surface area contributed by atoms with Crippen LogP contribution in [0.5, 0.6) is 0 Å². The van der Waals surface area contributed by atoms with E-state index < -0.39 is 0 Å². The molecule has 4 nitrogen and oxygen atoms in total. The monoisotopic (exact) mass is 307 g/mol. The first-order chi connectivity index (χ1) is 10.2. The number of amides is 1. The van der Waals surface area contributed by atoms with Gasteiger partial charge in [0.05, 0.1) is 6.54 Å². The van der Waals surface area contributed by atoms with Gasteiger partial charge in [0.25, 0.3) is 0 Å². The van der Waals surface area contributed by atoms with E-state index in [1.54, 1.807) is 0 Å². The molecule has 0 radical (unpaired) electrons. The third-order valence-electron chi connectivity index (χ3n) is 4.51. The molecule has 1 saturated heterocycles. The molecule has 116 valence electrons. The number of piperidine rings is 1. The molecule has 2 aliphatic heterocycles. The van der Waals surface area contributed by atoms with Crippen LogP contribution in [0.25, 0.3) is 0 Å². The number of thiophene rings is 1. The van der Waals surface area contributed by atoms with Crippen molar-refractivity contribution in [3.63, 3.8) is 0 Å². The van der Waals surface area contributed by atoms with Gasteiger partial charge in [-0.05, 0) is 49.9 Å². The van der Waals surface area contributed by atoms with Crippen molar-refractivity contribution >= 4 is 17.2 Å². The zero-order valence-corrected chi connectivity index (χ0v) is 13.6. The third kappa shape index (κ3) is 3.84. The lowest BCUT2D eigenvalue weighted by atomic mass is 10.0. The Morgan fingerprint density at radius 2 is 2.43 bits per heavy atom. The first-order valence-corrected chi connectivity index (χ1v) is 8.85. The minimum absolute atomic E-state index is 0.269. The maximum absolute atomic E-state index is 12.4. The Hall–Kier alpha value is -0.910. The molecule has 1 N–H and O–H groups in total. The Morgan fingerprint density at radius 3 is 3.24 bits per heavy atom. The topological polar surface area (TPSA) is 35.6 Å². The van der Waals surface area contributed by atoms with E-state index in [1.807, 2.05) is 16.2 Å². The van der Waals surface area contributed by atoms with E-state index in [1.165, 1.54) is 29.7 Å². The minimum atomic E-state index is 0.269. The van der Waals surface area contributed by atoms with E-state index in [9.17, 15) is 4.79 Å². The first kappa shape index (κ1) is 15.0. The van der Waals surface area contributed by atoms with E-state index in [0.717, 1.165) is 32.6 Å². The molecule has 21 heavy (non-hydrogen) atoms. The summed E-state index contributed by atoms with van der Waals surface area (Å²) in [7, 11) is 2.06. The van der Waals surface area contributed by atoms with Gasteiger partial charge in [-0.25, -0.2) is 0 Å². The van der Waals surface area contributed by atoms with Crippen molar-refractivity contribution in [1.82, 2.24) is 15.1 Å². The summed E-state index contributed by atoms with van der Waals surface area (Å²) in [4.78, 5) is 18.1. The van der Waals surface area contributed by atoms with Gasteiger partial charge in [0.15, 0.2) is 0 Å². The average Bonchev–Trinajstić information content (AvgIpc) is 2.95. The maximum atomic E-state index is 12.4. The fourth-order valence-corrected chi connectivity index (χ4v) is 4.20. The van der Waals surface area contributed by atoms with Crippen LogP contribution in [0.2, 0.25) is 0 Å². The van der Waals surface area contributed by atoms with Crippen LogP contribution in [0.15, 0.2) is 11.4 Å². The van der Waals surface area contributed by atoms with Crippen molar-refractivity contribution in [3.05, 3.63) is 21.9 Å². The van der Waals surface area contributed by atoms with Crippen LogP contribution in [-0.2, 0) is 17.8 Å². The highest BCUT2D eigenvalue weighted by Crippen LogP contribution is 2.24. The van der Waals surface area contributed by atoms with Gasteiger partial charge in [-0.3, -0.25) is 9.69 Å². The molecule has 0 spiro atoms. The normalized spacial score (nSPS) is 22.4. The number of hydrogen-bond donors (Lipinski definition) is 1. The molecular formula is C16H25N3OS. The molecule has 5 heteroatoms. The lowest BCUT2D eigenvalue weighted by molar-refractivity contribution is -0.133. The molecule has 0 aromatic carbocycles. The van der Waals surface area contributed by atoms with Gasteiger partial charge in [0.2, 0.25) is 5.91 Å². The Balaban J connectivity index is 1.47. The molecule has 2 aliphatic rings. The highest BCUT2D eigenvalue weighted by atomic mass is 32.1. The van der Waals surface area contributed by atoms with Crippen molar-refractivity contribution < 1.29 is 4.79 Å². The van der Waals surface area contributed by atoms with Crippen LogP contribution in [-0.4, -0.2) is 55.0 Å². The van der Waals surface area contributed by atoms with E-state index in [0.29, 0.717) is 12.6 Å². The fraction of sp³-hybridized carbons (Fsp3) is 0.688. The number of rotatable bonds is 4. The Bertz CT molecular complexity index is 482. The van der Waals surface area contributed by atoms with Crippen molar-refractivity contribution in [3.8, 4) is 0 Å². The van der Waals surface area contributed by atoms with Crippen LogP contribution in [0, 0.1) is 0 Å². The molecule has 3 rings (SSSR count). The molecule has 1 amide bonds. The van der Waals surface area contributed by atoms with E-state index in [4.69, 9.17) is 0 Å². The molecule has 1 fully saturated rings. The Morgan fingerprint density at radius 1 is 1.52 bits per heavy atom. The van der Waals surface area contributed by atoms with Gasteiger partial charge in [0, 0.05) is 30.6 Å². The predicted molar refractivity (Wildman–Crippen MR) is 86.6 cm³/mol. The summed E-state index contributed by atoms with van der Waals surface area (Å²) in [5.41, 5.74) is 1.34. The third-order valence-corrected chi connectivity index (χ3v) is 5.53. The van der Waals surface area contributed by atoms with E-state index >= 15 is 0 Å². The maximum Gasteiger partial charge on any atom is 0.237 e. The number of carbonyl (C=O) groups excluding carboxylic acids is 1. The molecular weight excluding hydrogens is 282 g/mol. The molecule has 3 heterocycles. The quantitative estimate of drug-likeness (QED) is 0.920. The fourth-order valence-electron chi connectivity index (χ4n) is 3.31. The van der Waals surface area contributed by atoms with Crippen molar-refractivity contribution in [2.75, 3.05) is 33.2 Å². The lowest BCUT2D eigenvalue weighted by Gasteiger charge is -2.31. The number of fused-ring (bicyclic) bond motifs is 1. The summed E-state index contributed by atoms with van der Waals surface area (Å²) in [6.07, 6.45) is 4.86. The Labute approximate surface area is 131 Å². The predicted octanol–water partition coefficient (Wildman–Crippen LogP) is 1.71. The molecule has 1 aromatic heterocycles. The van der Waals surface area contributed by atoms with Crippen molar-refractivity contribution in [2.45, 2.75) is 38.3 Å². The summed E-state index contributed by atoms with van der Waals surface area (Å²) < 4.78 is 0. The highest BCUT2D eigenvalue weighted by Gasteiger charge is 2.23. The largest absolute Gasteiger partial charge is 0.337 e. The number of nitrogens with zero attached hydrogens (tertiary/aromatic N) is 2. The van der Waals surface area contributed by atoms with Crippen LogP contribution >= 0.6 is 11.3 Å². The SMILES string of the molecule is CN(CC(=O)N1CCc2sccc2C1)CC1CCCCN1. The van der Waals surface area contributed by atoms with Gasteiger partial charge in [-0.1, -0.05) is 6.42 Å². The van der Waals surface area contributed by atoms with Gasteiger partial charge in [0.1, 0.15) is 0 Å². The minimum Gasteiger partial charge on any atom is -0.337 e. The molecule has 0 aliphatic carbocycles. The smallest absolute Gasteiger partial charge is 0.237 e. The zero-order valence-electron chi connectivity index (χ0n) is 12.8. The second-order valence-corrected chi connectivity index (χ2v) is 7.28. The molecule has 1 unspecified atom stereocenters. The van der Waals surface area contributed by atoms with Crippen LogP contribution in [0.4, 0.5) is 0 Å². The number of carbonyl (C=O) groups is 1. The standard InChI is InChI=1S/C16H25N3OS/c1-18(11-14-4-2-3-7-17-14)12-16(20)19-8-5-15-13(10-19)6-9-21-15/h6,9,14,17H,2-5,7-8,10-12H2,1H3. The summed E-state index contributed by atoms with van der Waals surface area (Å²) in [5.74, 6) is 0.269. The van der Waals surface area contributed by atoms with E-state index in [2.05, 4.69) is 28.7 Å². The molecule has 1 atom stereocenters. The lowest BCUT2D eigenvalue weighted by Crippen LogP contribution is -2.46. The van der Waals surface area contributed by atoms with Crippen LogP contribution in [0.1, 0.15) is 29.7 Å². The van der Waals surface area contributed by atoms with Crippen LogP contribution in [0.3, 0.4) is 0 Å². The Kier molecular flexibility index (Phi) is 4.93. The number of hydrogen-bond acceptors (Lipinski definition) is 4. The zero-order chi connectivity index (χ0) is 14.7. The first-order valence-electron chi connectivity index (χ1n) is 7.97. The highest BCUT2D eigenvalue weighted by molar-refractivity contribution is 7.10.